The molecule has 4 atom stereocenters. The zero-order chi connectivity index (χ0) is 24.7. The molecule has 1 aliphatic carbocycles. The molecule has 9 heteroatoms. The lowest BCUT2D eigenvalue weighted by Gasteiger charge is -2.60. The maximum absolute atomic E-state index is 12.6. The van der Waals surface area contributed by atoms with Gasteiger partial charge in [0.05, 0.1) is 33.7 Å². The molecule has 4 unspecified atom stereocenters. The summed E-state index contributed by atoms with van der Waals surface area (Å²) in [5.41, 5.74) is 1.75. The van der Waals surface area contributed by atoms with Gasteiger partial charge in [-0.05, 0) is 33.6 Å². The van der Waals surface area contributed by atoms with Crippen molar-refractivity contribution in [1.82, 2.24) is 14.4 Å². The number of rotatable bonds is 3. The van der Waals surface area contributed by atoms with E-state index in [1.54, 1.807) is 6.20 Å². The fraction of sp³-hybridized carbons (Fsp3) is 0.731. The highest BCUT2D eigenvalue weighted by Gasteiger charge is 2.57. The van der Waals surface area contributed by atoms with Crippen LogP contribution in [-0.4, -0.2) is 86.3 Å². The van der Waals surface area contributed by atoms with E-state index >= 15 is 0 Å². The lowest BCUT2D eigenvalue weighted by molar-refractivity contribution is -0.0115. The van der Waals surface area contributed by atoms with Crippen molar-refractivity contribution in [1.29, 1.82) is 0 Å². The van der Waals surface area contributed by atoms with Gasteiger partial charge in [-0.1, -0.05) is 5.82 Å². The van der Waals surface area contributed by atoms with Crippen molar-refractivity contribution in [3.05, 3.63) is 18.0 Å². The Kier molecular flexibility index (Phi) is 5.19. The van der Waals surface area contributed by atoms with Crippen molar-refractivity contribution in [2.75, 3.05) is 50.7 Å². The third kappa shape index (κ3) is 3.81. The number of quaternary nitrogens is 1. The quantitative estimate of drug-likeness (QED) is 0.530. The van der Waals surface area contributed by atoms with Crippen LogP contribution in [0.5, 0.6) is 0 Å². The van der Waals surface area contributed by atoms with Crippen LogP contribution >= 0.6 is 0 Å². The van der Waals surface area contributed by atoms with Gasteiger partial charge in [0.25, 0.3) is 0 Å². The molecule has 1 aromatic heterocycles. The summed E-state index contributed by atoms with van der Waals surface area (Å²) in [7, 11) is 6.61. The number of likely N-dealkylation sites (tertiary alicyclic amines) is 1. The average molecular weight is 479 g/mol. The summed E-state index contributed by atoms with van der Waals surface area (Å²) in [4.78, 5) is 33.6. The zero-order valence-corrected chi connectivity index (χ0v) is 21.0. The number of carbonyl (C=O) groups excluding carboxylic acids is 1. The number of carboxylic acids is 1. The van der Waals surface area contributed by atoms with Crippen molar-refractivity contribution in [3.8, 4) is 0 Å². The van der Waals surface area contributed by atoms with Gasteiger partial charge >= 0.3 is 12.1 Å². The number of piperidine rings is 3. The second kappa shape index (κ2) is 7.86. The highest BCUT2D eigenvalue weighted by Crippen LogP contribution is 2.56. The molecule has 0 aromatic carbocycles. The number of pyridine rings is 1. The molecular weight excluding hydrogens is 443 g/mol. The van der Waals surface area contributed by atoms with Crippen molar-refractivity contribution < 1.29 is 19.4 Å². The third-order valence-electron chi connectivity index (χ3n) is 9.22. The summed E-state index contributed by atoms with van der Waals surface area (Å²) in [6.45, 7) is 11.5. The van der Waals surface area contributed by atoms with E-state index in [4.69, 9.17) is 12.6 Å². The molecule has 1 saturated carbocycles. The monoisotopic (exact) mass is 479 g/mol. The molecule has 2 radical (unpaired) electrons. The molecule has 1 amide bonds. The second-order valence-electron chi connectivity index (χ2n) is 12.8. The summed E-state index contributed by atoms with van der Waals surface area (Å²) in [5, 5.41) is 10.2. The molecule has 6 aliphatic rings. The van der Waals surface area contributed by atoms with Gasteiger partial charge in [-0.3, -0.25) is 9.47 Å². The van der Waals surface area contributed by atoms with Gasteiger partial charge in [0.1, 0.15) is 16.9 Å². The fourth-order valence-electron chi connectivity index (χ4n) is 8.08. The van der Waals surface area contributed by atoms with Crippen molar-refractivity contribution in [2.45, 2.75) is 45.0 Å². The first-order valence-electron chi connectivity index (χ1n) is 13.1. The number of fused-ring (bicyclic) bond motifs is 1. The Morgan fingerprint density at radius 3 is 2.23 bits per heavy atom. The predicted octanol–water partition coefficient (Wildman–Crippen LogP) is 3.02. The number of amides is 1. The molecule has 6 fully saturated rings. The number of carboxylic acid groups (broad SMARTS) is 1. The first-order chi connectivity index (χ1) is 16.5. The Labute approximate surface area is 208 Å². The molecule has 1 aromatic rings. The molecule has 186 valence electrons. The molecule has 6 heterocycles. The van der Waals surface area contributed by atoms with E-state index in [0.29, 0.717) is 48.2 Å². The zero-order valence-electron chi connectivity index (χ0n) is 21.0. The molecule has 8 nitrogen and oxygen atoms in total. The van der Waals surface area contributed by atoms with Crippen LogP contribution in [0, 0.1) is 29.6 Å². The number of aromatic nitrogens is 1. The van der Waals surface area contributed by atoms with E-state index in [2.05, 4.69) is 9.88 Å². The minimum absolute atomic E-state index is 0.237. The van der Waals surface area contributed by atoms with Gasteiger partial charge in [0, 0.05) is 62.0 Å². The van der Waals surface area contributed by atoms with Gasteiger partial charge < -0.3 is 19.6 Å². The van der Waals surface area contributed by atoms with E-state index in [-0.39, 0.29) is 11.9 Å². The molecule has 5 aliphatic heterocycles. The minimum Gasteiger partial charge on any atom is -0.477 e. The molecule has 35 heavy (non-hydrogen) atoms. The maximum Gasteiger partial charge on any atom is 0.410 e. The highest BCUT2D eigenvalue weighted by atomic mass is 16.6. The number of ether oxygens (including phenoxy) is 1. The summed E-state index contributed by atoms with van der Waals surface area (Å²) in [6, 6.07) is 0. The van der Waals surface area contributed by atoms with Crippen LogP contribution in [0.4, 0.5) is 16.2 Å². The molecule has 7 rings (SSSR count). The van der Waals surface area contributed by atoms with Crippen molar-refractivity contribution in [2.24, 2.45) is 29.6 Å². The van der Waals surface area contributed by atoms with Crippen LogP contribution in [0.25, 0.3) is 0 Å². The average Bonchev–Trinajstić information content (AvgIpc) is 3.35. The smallest absolute Gasteiger partial charge is 0.410 e. The van der Waals surface area contributed by atoms with Gasteiger partial charge in [0.15, 0.2) is 5.69 Å². The molecule has 5 saturated heterocycles. The highest BCUT2D eigenvalue weighted by molar-refractivity contribution is 6.12. The lowest BCUT2D eigenvalue weighted by atomic mass is 9.54. The first kappa shape index (κ1) is 23.1. The Morgan fingerprint density at radius 1 is 1.03 bits per heavy atom. The largest absolute Gasteiger partial charge is 0.477 e. The topological polar surface area (TPSA) is 83.0 Å². The van der Waals surface area contributed by atoms with Crippen LogP contribution in [0.1, 0.15) is 44.0 Å². The van der Waals surface area contributed by atoms with Gasteiger partial charge in [-0.15, -0.1) is 0 Å². The van der Waals surface area contributed by atoms with Gasteiger partial charge in [-0.2, -0.15) is 0 Å². The maximum atomic E-state index is 12.6. The van der Waals surface area contributed by atoms with Crippen LogP contribution in [0.15, 0.2) is 12.4 Å². The van der Waals surface area contributed by atoms with Crippen molar-refractivity contribution >= 4 is 31.3 Å². The molecule has 4 bridgehead atoms. The van der Waals surface area contributed by atoms with Crippen LogP contribution in [0.3, 0.4) is 0 Å². The lowest BCUT2D eigenvalue weighted by Crippen LogP contribution is -2.69. The van der Waals surface area contributed by atoms with E-state index in [9.17, 15) is 14.7 Å². The van der Waals surface area contributed by atoms with Gasteiger partial charge in [0.2, 0.25) is 0 Å². The SMILES string of the molecule is [B]C1C2CC3CC1C[N+](c1c(C(=O)O)cncc1N1CC4CN(C(=O)OC(C)(C)C)CC4C1)(C3)C2. The Bertz CT molecular complexity index is 1030. The Hall–Kier alpha value is -2.29. The number of hydrogen-bond acceptors (Lipinski definition) is 5. The standard InChI is InChI=1S/C26H35BN4O4/c1-26(2,3)35-25(34)30-10-18-8-29(9-19(18)11-30)21-7-28-6-20(24(32)33)23(21)31-12-15-4-16(13-31)22(27)17(5-15)14-31/h6-7,15-19,22H,4-5,8-14H2,1-3H3/p+1. The van der Waals surface area contributed by atoms with Crippen LogP contribution in [-0.2, 0) is 4.74 Å². The number of anilines is 1. The summed E-state index contributed by atoms with van der Waals surface area (Å²) >= 11 is 0. The summed E-state index contributed by atoms with van der Waals surface area (Å²) < 4.78 is 6.33. The fourth-order valence-corrected chi connectivity index (χ4v) is 8.08. The number of aromatic carboxylic acids is 1. The molecular formula is C26H36BN4O4+. The summed E-state index contributed by atoms with van der Waals surface area (Å²) in [5.74, 6) is 1.58. The van der Waals surface area contributed by atoms with E-state index in [1.807, 2.05) is 31.9 Å². The first-order valence-corrected chi connectivity index (χ1v) is 13.1. The van der Waals surface area contributed by atoms with Gasteiger partial charge in [-0.25, -0.2) is 9.59 Å². The minimum atomic E-state index is -0.900. The van der Waals surface area contributed by atoms with E-state index in [1.165, 1.54) is 12.8 Å². The van der Waals surface area contributed by atoms with Crippen molar-refractivity contribution in [3.63, 3.8) is 0 Å². The Balaban J connectivity index is 1.28. The predicted molar refractivity (Wildman–Crippen MR) is 134 cm³/mol. The molecule has 0 spiro atoms. The molecule has 1 N–H and O–H groups in total. The van der Waals surface area contributed by atoms with Crippen LogP contribution in [0.2, 0.25) is 5.82 Å². The summed E-state index contributed by atoms with van der Waals surface area (Å²) in [6.07, 6.45) is 5.53. The van der Waals surface area contributed by atoms with E-state index < -0.39 is 11.6 Å². The number of nitrogens with zero attached hydrogens (tertiary/aromatic N) is 4. The third-order valence-corrected chi connectivity index (χ3v) is 9.22. The van der Waals surface area contributed by atoms with E-state index in [0.717, 1.165) is 48.6 Å². The van der Waals surface area contributed by atoms with Crippen LogP contribution < -0.4 is 9.38 Å². The number of carbonyl (C=O) groups is 2. The normalized spacial score (nSPS) is 37.6. The number of hydrogen-bond donors (Lipinski definition) is 1. The Morgan fingerprint density at radius 2 is 1.66 bits per heavy atom. The second-order valence-corrected chi connectivity index (χ2v) is 12.8.